The van der Waals surface area contributed by atoms with E-state index in [-0.39, 0.29) is 0 Å². The zero-order valence-electron chi connectivity index (χ0n) is 8.95. The highest BCUT2D eigenvalue weighted by molar-refractivity contribution is 6.42. The van der Waals surface area contributed by atoms with Crippen LogP contribution < -0.4 is 5.32 Å². The molecular weight excluding hydrogens is 249 g/mol. The van der Waals surface area contributed by atoms with Crippen LogP contribution in [0.1, 0.15) is 18.6 Å². The molecule has 16 heavy (non-hydrogen) atoms. The Morgan fingerprint density at radius 1 is 1.19 bits per heavy atom. The van der Waals surface area contributed by atoms with Crippen LogP contribution in [0.4, 0.5) is 0 Å². The second-order valence-corrected chi connectivity index (χ2v) is 4.51. The summed E-state index contributed by atoms with van der Waals surface area (Å²) in [5, 5.41) is 22.7. The Hall–Kier alpha value is -0.320. The molecule has 0 spiro atoms. The van der Waals surface area contributed by atoms with Gasteiger partial charge in [0.1, 0.15) is 0 Å². The molecule has 0 aliphatic carbocycles. The van der Waals surface area contributed by atoms with Gasteiger partial charge in [0, 0.05) is 13.1 Å². The van der Waals surface area contributed by atoms with Crippen molar-refractivity contribution in [3.05, 3.63) is 33.8 Å². The molecule has 3 N–H and O–H groups in total. The standard InChI is InChI=1S/C11H15Cl2NO2/c1-7(15)5-14-6-11(16)8-2-3-9(12)10(13)4-8/h2-4,7,11,14-16H,5-6H2,1H3. The average molecular weight is 264 g/mol. The van der Waals surface area contributed by atoms with Crippen LogP contribution in [0, 0.1) is 0 Å². The summed E-state index contributed by atoms with van der Waals surface area (Å²) in [7, 11) is 0. The van der Waals surface area contributed by atoms with E-state index in [0.29, 0.717) is 28.7 Å². The van der Waals surface area contributed by atoms with E-state index in [1.54, 1.807) is 25.1 Å². The fourth-order valence-corrected chi connectivity index (χ4v) is 1.57. The first kappa shape index (κ1) is 13.7. The predicted molar refractivity (Wildman–Crippen MR) is 66.0 cm³/mol. The average Bonchev–Trinajstić information content (AvgIpc) is 2.21. The molecule has 0 bridgehead atoms. The lowest BCUT2D eigenvalue weighted by Crippen LogP contribution is -2.28. The van der Waals surface area contributed by atoms with Crippen LogP contribution >= 0.6 is 23.2 Å². The summed E-state index contributed by atoms with van der Waals surface area (Å²) < 4.78 is 0. The van der Waals surface area contributed by atoms with E-state index in [1.165, 1.54) is 0 Å². The lowest BCUT2D eigenvalue weighted by Gasteiger charge is -2.13. The van der Waals surface area contributed by atoms with Crippen LogP contribution in [0.25, 0.3) is 0 Å². The van der Waals surface area contributed by atoms with Crippen LogP contribution in [0.15, 0.2) is 18.2 Å². The van der Waals surface area contributed by atoms with Crippen molar-refractivity contribution in [3.63, 3.8) is 0 Å². The molecule has 0 saturated heterocycles. The van der Waals surface area contributed by atoms with Gasteiger partial charge < -0.3 is 15.5 Å². The van der Waals surface area contributed by atoms with Crippen molar-refractivity contribution in [2.75, 3.05) is 13.1 Å². The van der Waals surface area contributed by atoms with Crippen molar-refractivity contribution >= 4 is 23.2 Å². The molecule has 1 aromatic rings. The largest absolute Gasteiger partial charge is 0.392 e. The summed E-state index contributed by atoms with van der Waals surface area (Å²) >= 11 is 11.6. The smallest absolute Gasteiger partial charge is 0.0914 e. The molecule has 3 nitrogen and oxygen atoms in total. The molecule has 0 aliphatic rings. The van der Waals surface area contributed by atoms with Crippen molar-refractivity contribution in [2.45, 2.75) is 19.1 Å². The number of benzene rings is 1. The Bertz CT molecular complexity index is 345. The quantitative estimate of drug-likeness (QED) is 0.762. The van der Waals surface area contributed by atoms with E-state index in [1.807, 2.05) is 0 Å². The first-order valence-corrected chi connectivity index (χ1v) is 5.78. The van der Waals surface area contributed by atoms with E-state index in [4.69, 9.17) is 28.3 Å². The summed E-state index contributed by atoms with van der Waals surface area (Å²) in [4.78, 5) is 0. The van der Waals surface area contributed by atoms with Gasteiger partial charge in [-0.1, -0.05) is 29.3 Å². The highest BCUT2D eigenvalue weighted by Crippen LogP contribution is 2.25. The van der Waals surface area contributed by atoms with E-state index < -0.39 is 12.2 Å². The molecule has 1 aromatic carbocycles. The summed E-state index contributed by atoms with van der Waals surface area (Å²) in [5.74, 6) is 0. The summed E-state index contributed by atoms with van der Waals surface area (Å²) in [6, 6.07) is 5.01. The molecule has 1 rings (SSSR count). The Labute approximate surface area is 105 Å². The van der Waals surface area contributed by atoms with Crippen molar-refractivity contribution in [3.8, 4) is 0 Å². The monoisotopic (exact) mass is 263 g/mol. The predicted octanol–water partition coefficient (Wildman–Crippen LogP) is 2.00. The number of hydrogen-bond acceptors (Lipinski definition) is 3. The Morgan fingerprint density at radius 3 is 2.44 bits per heavy atom. The number of halogens is 2. The Kier molecular flexibility index (Phi) is 5.52. The second-order valence-electron chi connectivity index (χ2n) is 3.70. The van der Waals surface area contributed by atoms with Crippen LogP contribution in [0.2, 0.25) is 10.0 Å². The van der Waals surface area contributed by atoms with Gasteiger partial charge in [0.25, 0.3) is 0 Å². The van der Waals surface area contributed by atoms with Crippen LogP contribution in [-0.4, -0.2) is 29.4 Å². The van der Waals surface area contributed by atoms with Gasteiger partial charge in [-0.25, -0.2) is 0 Å². The molecule has 0 heterocycles. The third-order valence-corrected chi connectivity index (χ3v) is 2.84. The van der Waals surface area contributed by atoms with E-state index in [0.717, 1.165) is 0 Å². The molecule has 0 aliphatic heterocycles. The third kappa shape index (κ3) is 4.28. The van der Waals surface area contributed by atoms with Crippen molar-refractivity contribution in [2.24, 2.45) is 0 Å². The van der Waals surface area contributed by atoms with Crippen molar-refractivity contribution in [1.29, 1.82) is 0 Å². The minimum absolute atomic E-state index is 0.364. The molecule has 2 unspecified atom stereocenters. The fourth-order valence-electron chi connectivity index (χ4n) is 1.27. The molecule has 2 atom stereocenters. The minimum Gasteiger partial charge on any atom is -0.392 e. The molecule has 0 aromatic heterocycles. The van der Waals surface area contributed by atoms with Gasteiger partial charge in [0.15, 0.2) is 0 Å². The number of hydrogen-bond donors (Lipinski definition) is 3. The van der Waals surface area contributed by atoms with E-state index >= 15 is 0 Å². The number of aliphatic hydroxyl groups excluding tert-OH is 2. The fraction of sp³-hybridized carbons (Fsp3) is 0.455. The maximum absolute atomic E-state index is 9.80. The SMILES string of the molecule is CC(O)CNCC(O)c1ccc(Cl)c(Cl)c1. The normalized spacial score (nSPS) is 14.8. The van der Waals surface area contributed by atoms with Gasteiger partial charge in [-0.3, -0.25) is 0 Å². The van der Waals surface area contributed by atoms with Gasteiger partial charge >= 0.3 is 0 Å². The Morgan fingerprint density at radius 2 is 1.88 bits per heavy atom. The van der Waals surface area contributed by atoms with E-state index in [9.17, 15) is 5.11 Å². The van der Waals surface area contributed by atoms with Gasteiger partial charge in [0.2, 0.25) is 0 Å². The first-order chi connectivity index (χ1) is 7.50. The van der Waals surface area contributed by atoms with Crippen molar-refractivity contribution < 1.29 is 10.2 Å². The zero-order valence-corrected chi connectivity index (χ0v) is 10.5. The van der Waals surface area contributed by atoms with Gasteiger partial charge in [-0.15, -0.1) is 0 Å². The lowest BCUT2D eigenvalue weighted by molar-refractivity contribution is 0.155. The third-order valence-electron chi connectivity index (χ3n) is 2.11. The van der Waals surface area contributed by atoms with Crippen molar-refractivity contribution in [1.82, 2.24) is 5.32 Å². The summed E-state index contributed by atoms with van der Waals surface area (Å²) in [6.07, 6.45) is -1.09. The van der Waals surface area contributed by atoms with Crippen LogP contribution in [0.5, 0.6) is 0 Å². The number of nitrogens with one attached hydrogen (secondary N) is 1. The second kappa shape index (κ2) is 6.42. The van der Waals surface area contributed by atoms with Crippen LogP contribution in [-0.2, 0) is 0 Å². The maximum Gasteiger partial charge on any atom is 0.0914 e. The molecule has 0 saturated carbocycles. The molecule has 90 valence electrons. The topological polar surface area (TPSA) is 52.5 Å². The molecule has 0 radical (unpaired) electrons. The zero-order chi connectivity index (χ0) is 12.1. The molecule has 5 heteroatoms. The van der Waals surface area contributed by atoms with E-state index in [2.05, 4.69) is 5.32 Å². The maximum atomic E-state index is 9.80. The van der Waals surface area contributed by atoms with Gasteiger partial charge in [-0.2, -0.15) is 0 Å². The van der Waals surface area contributed by atoms with Gasteiger partial charge in [0.05, 0.1) is 22.3 Å². The highest BCUT2D eigenvalue weighted by Gasteiger charge is 2.09. The highest BCUT2D eigenvalue weighted by atomic mass is 35.5. The summed E-state index contributed by atoms with van der Waals surface area (Å²) in [5.41, 5.74) is 0.701. The number of aliphatic hydroxyl groups is 2. The summed E-state index contributed by atoms with van der Waals surface area (Å²) in [6.45, 7) is 2.49. The molecular formula is C11H15Cl2NO2. The Balaban J connectivity index is 2.52. The van der Waals surface area contributed by atoms with Crippen LogP contribution in [0.3, 0.4) is 0 Å². The molecule has 0 fully saturated rings. The lowest BCUT2D eigenvalue weighted by atomic mass is 10.1. The molecule has 0 amide bonds. The van der Waals surface area contributed by atoms with Gasteiger partial charge in [-0.05, 0) is 24.6 Å². The number of rotatable bonds is 5. The first-order valence-electron chi connectivity index (χ1n) is 5.02. The minimum atomic E-state index is -0.659.